The first-order valence-electron chi connectivity index (χ1n) is 8.03. The summed E-state index contributed by atoms with van der Waals surface area (Å²) in [5.74, 6) is 0. The van der Waals surface area contributed by atoms with Crippen molar-refractivity contribution in [2.45, 2.75) is 71.1 Å². The molecule has 2 amide bonds. The van der Waals surface area contributed by atoms with E-state index >= 15 is 0 Å². The van der Waals surface area contributed by atoms with Crippen LogP contribution in [0, 0.1) is 0 Å². The van der Waals surface area contributed by atoms with E-state index in [0.29, 0.717) is 0 Å². The third-order valence-electron chi connectivity index (χ3n) is 3.23. The van der Waals surface area contributed by atoms with Crippen molar-refractivity contribution in [3.8, 4) is 0 Å². The molecule has 114 valence electrons. The third-order valence-corrected chi connectivity index (χ3v) is 3.23. The van der Waals surface area contributed by atoms with E-state index in [9.17, 15) is 4.79 Å². The van der Waals surface area contributed by atoms with Gasteiger partial charge in [0.15, 0.2) is 0 Å². The molecule has 4 heteroatoms. The summed E-state index contributed by atoms with van der Waals surface area (Å²) >= 11 is 0. The summed E-state index contributed by atoms with van der Waals surface area (Å²) in [6, 6.07) is -0.0183. The van der Waals surface area contributed by atoms with Gasteiger partial charge < -0.3 is 16.4 Å². The number of nitrogens with two attached hydrogens (primary N) is 1. The van der Waals surface area contributed by atoms with Gasteiger partial charge >= 0.3 is 6.03 Å². The first-order valence-corrected chi connectivity index (χ1v) is 8.03. The maximum absolute atomic E-state index is 11.3. The zero-order valence-electron chi connectivity index (χ0n) is 12.7. The summed E-state index contributed by atoms with van der Waals surface area (Å²) in [6.07, 6.45) is 12.1. The van der Waals surface area contributed by atoms with Crippen LogP contribution in [-0.2, 0) is 0 Å². The molecule has 0 rings (SSSR count). The van der Waals surface area contributed by atoms with Crippen molar-refractivity contribution in [2.75, 3.05) is 19.6 Å². The Kier molecular flexibility index (Phi) is 14.7. The fourth-order valence-corrected chi connectivity index (χ4v) is 1.97. The zero-order chi connectivity index (χ0) is 14.2. The molecule has 0 heterocycles. The molecule has 0 aromatic carbocycles. The molecule has 0 atom stereocenters. The van der Waals surface area contributed by atoms with Crippen LogP contribution in [0.4, 0.5) is 4.79 Å². The van der Waals surface area contributed by atoms with Gasteiger partial charge in [0.2, 0.25) is 0 Å². The van der Waals surface area contributed by atoms with Crippen molar-refractivity contribution in [3.63, 3.8) is 0 Å². The highest BCUT2D eigenvalue weighted by molar-refractivity contribution is 5.73. The minimum Gasteiger partial charge on any atom is -0.338 e. The molecular formula is C15H33N3O. The standard InChI is InChI=1S/C15H33N3O/c1-2-3-13-17-15(19)18-14-11-9-7-5-4-6-8-10-12-16/h2-14,16H2,1H3,(H2,17,18,19). The minimum atomic E-state index is -0.0183. The lowest BCUT2D eigenvalue weighted by Gasteiger charge is -2.07. The van der Waals surface area contributed by atoms with Gasteiger partial charge in [-0.3, -0.25) is 0 Å². The van der Waals surface area contributed by atoms with Gasteiger partial charge in [0.05, 0.1) is 0 Å². The van der Waals surface area contributed by atoms with E-state index in [-0.39, 0.29) is 6.03 Å². The largest absolute Gasteiger partial charge is 0.338 e. The Morgan fingerprint density at radius 3 is 1.79 bits per heavy atom. The molecule has 0 radical (unpaired) electrons. The summed E-state index contributed by atoms with van der Waals surface area (Å²) in [4.78, 5) is 11.3. The zero-order valence-corrected chi connectivity index (χ0v) is 12.7. The van der Waals surface area contributed by atoms with E-state index in [1.54, 1.807) is 0 Å². The maximum Gasteiger partial charge on any atom is 0.314 e. The second-order valence-corrected chi connectivity index (χ2v) is 5.15. The van der Waals surface area contributed by atoms with Crippen LogP contribution in [0.3, 0.4) is 0 Å². The number of carbonyl (C=O) groups is 1. The van der Waals surface area contributed by atoms with Gasteiger partial charge in [-0.1, -0.05) is 51.9 Å². The maximum atomic E-state index is 11.3. The van der Waals surface area contributed by atoms with Crippen molar-refractivity contribution in [3.05, 3.63) is 0 Å². The van der Waals surface area contributed by atoms with Crippen LogP contribution in [0.25, 0.3) is 0 Å². The van der Waals surface area contributed by atoms with Gasteiger partial charge in [-0.2, -0.15) is 0 Å². The molecule has 0 aliphatic heterocycles. The number of carbonyl (C=O) groups excluding carboxylic acids is 1. The predicted octanol–water partition coefficient (Wildman–Crippen LogP) is 3.17. The number of rotatable bonds is 13. The number of unbranched alkanes of at least 4 members (excludes halogenated alkanes) is 8. The van der Waals surface area contributed by atoms with E-state index in [1.807, 2.05) is 0 Å². The number of hydrogen-bond donors (Lipinski definition) is 3. The molecule has 4 N–H and O–H groups in total. The quantitative estimate of drug-likeness (QED) is 0.450. The summed E-state index contributed by atoms with van der Waals surface area (Å²) < 4.78 is 0. The molecule has 0 fully saturated rings. The molecule has 0 saturated heterocycles. The number of urea groups is 1. The first kappa shape index (κ1) is 18.2. The molecule has 0 aliphatic carbocycles. The van der Waals surface area contributed by atoms with Crippen molar-refractivity contribution in [2.24, 2.45) is 5.73 Å². The van der Waals surface area contributed by atoms with Crippen LogP contribution in [0.1, 0.15) is 71.1 Å². The van der Waals surface area contributed by atoms with Crippen LogP contribution in [0.5, 0.6) is 0 Å². The van der Waals surface area contributed by atoms with Gasteiger partial charge in [0.25, 0.3) is 0 Å². The van der Waals surface area contributed by atoms with Crippen molar-refractivity contribution >= 4 is 6.03 Å². The summed E-state index contributed by atoms with van der Waals surface area (Å²) in [7, 11) is 0. The normalized spacial score (nSPS) is 10.4. The van der Waals surface area contributed by atoms with Crippen LogP contribution in [0.15, 0.2) is 0 Å². The molecule has 0 aliphatic rings. The molecule has 0 saturated carbocycles. The van der Waals surface area contributed by atoms with Gasteiger partial charge in [-0.05, 0) is 25.8 Å². The van der Waals surface area contributed by atoms with E-state index in [4.69, 9.17) is 5.73 Å². The lowest BCUT2D eigenvalue weighted by molar-refractivity contribution is 0.240. The second-order valence-electron chi connectivity index (χ2n) is 5.15. The Bertz CT molecular complexity index is 198. The molecule has 0 spiro atoms. The average Bonchev–Trinajstić information content (AvgIpc) is 2.41. The molecule has 19 heavy (non-hydrogen) atoms. The molecule has 0 bridgehead atoms. The lowest BCUT2D eigenvalue weighted by Crippen LogP contribution is -2.36. The van der Waals surface area contributed by atoms with Crippen molar-refractivity contribution in [1.29, 1.82) is 0 Å². The Morgan fingerprint density at radius 1 is 0.789 bits per heavy atom. The Balaban J connectivity index is 3.07. The van der Waals surface area contributed by atoms with E-state index in [1.165, 1.54) is 38.5 Å². The second kappa shape index (κ2) is 15.3. The first-order chi connectivity index (χ1) is 9.31. The highest BCUT2D eigenvalue weighted by Crippen LogP contribution is 2.07. The topological polar surface area (TPSA) is 67.2 Å². The highest BCUT2D eigenvalue weighted by Gasteiger charge is 1.97. The van der Waals surface area contributed by atoms with E-state index < -0.39 is 0 Å². The molecule has 4 nitrogen and oxygen atoms in total. The molecule has 0 unspecified atom stereocenters. The van der Waals surface area contributed by atoms with E-state index in [0.717, 1.165) is 45.3 Å². The SMILES string of the molecule is CCCCNC(=O)NCCCCCCCCCCN. The highest BCUT2D eigenvalue weighted by atomic mass is 16.2. The average molecular weight is 271 g/mol. The Morgan fingerprint density at radius 2 is 1.26 bits per heavy atom. The molecule has 0 aromatic heterocycles. The van der Waals surface area contributed by atoms with E-state index in [2.05, 4.69) is 17.6 Å². The third kappa shape index (κ3) is 15.2. The van der Waals surface area contributed by atoms with Crippen molar-refractivity contribution < 1.29 is 4.79 Å². The fourth-order valence-electron chi connectivity index (χ4n) is 1.97. The predicted molar refractivity (Wildman–Crippen MR) is 82.3 cm³/mol. The van der Waals surface area contributed by atoms with Gasteiger partial charge in [0.1, 0.15) is 0 Å². The fraction of sp³-hybridized carbons (Fsp3) is 0.933. The van der Waals surface area contributed by atoms with Crippen LogP contribution >= 0.6 is 0 Å². The van der Waals surface area contributed by atoms with Gasteiger partial charge in [-0.25, -0.2) is 4.79 Å². The monoisotopic (exact) mass is 271 g/mol. The Hall–Kier alpha value is -0.770. The summed E-state index contributed by atoms with van der Waals surface area (Å²) in [5, 5.41) is 5.75. The summed E-state index contributed by atoms with van der Waals surface area (Å²) in [6.45, 7) is 4.53. The lowest BCUT2D eigenvalue weighted by atomic mass is 10.1. The summed E-state index contributed by atoms with van der Waals surface area (Å²) in [5.41, 5.74) is 5.45. The molecular weight excluding hydrogens is 238 g/mol. The van der Waals surface area contributed by atoms with Crippen LogP contribution in [-0.4, -0.2) is 25.7 Å². The number of nitrogens with one attached hydrogen (secondary N) is 2. The molecule has 0 aromatic rings. The van der Waals surface area contributed by atoms with Crippen LogP contribution in [0.2, 0.25) is 0 Å². The van der Waals surface area contributed by atoms with Crippen LogP contribution < -0.4 is 16.4 Å². The smallest absolute Gasteiger partial charge is 0.314 e. The van der Waals surface area contributed by atoms with Crippen molar-refractivity contribution in [1.82, 2.24) is 10.6 Å². The van der Waals surface area contributed by atoms with Gasteiger partial charge in [-0.15, -0.1) is 0 Å². The minimum absolute atomic E-state index is 0.0183. The Labute approximate surface area is 118 Å². The number of amides is 2. The number of hydrogen-bond acceptors (Lipinski definition) is 2. The van der Waals surface area contributed by atoms with Gasteiger partial charge in [0, 0.05) is 13.1 Å².